The molecule has 0 aliphatic rings. The minimum absolute atomic E-state index is 0.0961. The van der Waals surface area contributed by atoms with Crippen molar-refractivity contribution in [3.05, 3.63) is 60.2 Å². The molecule has 0 spiro atoms. The molecule has 7 nitrogen and oxygen atoms in total. The van der Waals surface area contributed by atoms with Crippen molar-refractivity contribution in [1.82, 2.24) is 5.32 Å². The number of carbonyl (C=O) groups is 2. The first-order chi connectivity index (χ1) is 16.2. The number of amides is 1. The van der Waals surface area contributed by atoms with Crippen LogP contribution in [0, 0.1) is 5.92 Å². The van der Waals surface area contributed by atoms with E-state index in [9.17, 15) is 9.59 Å². The van der Waals surface area contributed by atoms with Crippen LogP contribution >= 0.6 is 0 Å². The molecule has 0 bridgehead atoms. The lowest BCUT2D eigenvalue weighted by molar-refractivity contribution is -0.151. The Kier molecular flexibility index (Phi) is 11.0. The van der Waals surface area contributed by atoms with E-state index in [-0.39, 0.29) is 32.5 Å². The molecule has 0 fully saturated rings. The van der Waals surface area contributed by atoms with E-state index in [4.69, 9.17) is 19.3 Å². The lowest BCUT2D eigenvalue weighted by Gasteiger charge is -2.26. The molecule has 0 saturated heterocycles. The predicted octanol–water partition coefficient (Wildman–Crippen LogP) is 4.37. The third-order valence-corrected chi connectivity index (χ3v) is 5.01. The summed E-state index contributed by atoms with van der Waals surface area (Å²) >= 11 is 0. The third kappa shape index (κ3) is 9.93. The largest absolute Gasteiger partial charge is 0.466 e. The smallest absolute Gasteiger partial charge is 0.407 e. The highest BCUT2D eigenvalue weighted by atomic mass is 16.6. The second kappa shape index (κ2) is 13.7. The van der Waals surface area contributed by atoms with Crippen LogP contribution in [0.3, 0.4) is 0 Å². The van der Waals surface area contributed by atoms with Crippen LogP contribution < -0.4 is 5.32 Å². The molecule has 2 N–H and O–H groups in total. The minimum Gasteiger partial charge on any atom is -0.466 e. The van der Waals surface area contributed by atoms with Gasteiger partial charge in [0.05, 0.1) is 32.3 Å². The van der Waals surface area contributed by atoms with Gasteiger partial charge in [-0.15, -0.1) is 0 Å². The first kappa shape index (κ1) is 27.3. The van der Waals surface area contributed by atoms with Gasteiger partial charge >= 0.3 is 12.1 Å². The number of hydrogen-bond acceptors (Lipinski definition) is 6. The topological polar surface area (TPSA) is 94.1 Å². The van der Waals surface area contributed by atoms with Crippen molar-refractivity contribution in [3.8, 4) is 11.1 Å². The van der Waals surface area contributed by atoms with Crippen LogP contribution in [0.4, 0.5) is 4.79 Å². The van der Waals surface area contributed by atoms with Crippen molar-refractivity contribution in [2.24, 2.45) is 5.92 Å². The van der Waals surface area contributed by atoms with E-state index < -0.39 is 23.6 Å². The van der Waals surface area contributed by atoms with Crippen LogP contribution in [-0.4, -0.2) is 55.2 Å². The molecule has 2 unspecified atom stereocenters. The number of nitrogens with one attached hydrogen (secondary N) is 1. The van der Waals surface area contributed by atoms with Gasteiger partial charge in [-0.1, -0.05) is 54.6 Å². The maximum absolute atomic E-state index is 12.5. The van der Waals surface area contributed by atoms with E-state index >= 15 is 0 Å². The fraction of sp³-hybridized carbons (Fsp3) is 0.481. The zero-order chi connectivity index (χ0) is 25.0. The van der Waals surface area contributed by atoms with E-state index in [0.717, 1.165) is 16.7 Å². The summed E-state index contributed by atoms with van der Waals surface area (Å²) in [6.45, 7) is 7.48. The molecule has 0 aromatic heterocycles. The fourth-order valence-electron chi connectivity index (χ4n) is 3.54. The normalized spacial score (nSPS) is 13.1. The SMILES string of the molecule is CCOC(=O)C(COCCO)CC(Cc1ccc(-c2ccccc2)cc1)NC(=O)OC(C)(C)C. The monoisotopic (exact) mass is 471 g/mol. The standard InChI is InChI=1S/C27H37NO6/c1-5-33-25(30)23(19-32-16-15-29)18-24(28-26(31)34-27(2,3)4)17-20-11-13-22(14-12-20)21-9-7-6-8-10-21/h6-14,23-24,29H,5,15-19H2,1-4H3,(H,28,31). The molecule has 7 heteroatoms. The third-order valence-electron chi connectivity index (χ3n) is 5.01. The first-order valence-electron chi connectivity index (χ1n) is 11.7. The molecule has 2 atom stereocenters. The molecule has 1 amide bonds. The highest BCUT2D eigenvalue weighted by Gasteiger charge is 2.27. The summed E-state index contributed by atoms with van der Waals surface area (Å²) in [5.41, 5.74) is 2.60. The Morgan fingerprint density at radius 3 is 2.24 bits per heavy atom. The quantitative estimate of drug-likeness (QED) is 0.353. The number of hydrogen-bond donors (Lipinski definition) is 2. The highest BCUT2D eigenvalue weighted by Crippen LogP contribution is 2.21. The van der Waals surface area contributed by atoms with Crippen LogP contribution in [0.15, 0.2) is 54.6 Å². The Morgan fingerprint density at radius 1 is 1.00 bits per heavy atom. The van der Waals surface area contributed by atoms with Gasteiger partial charge in [-0.05, 0) is 57.2 Å². The van der Waals surface area contributed by atoms with Gasteiger partial charge in [0.15, 0.2) is 0 Å². The predicted molar refractivity (Wildman–Crippen MR) is 131 cm³/mol. The summed E-state index contributed by atoms with van der Waals surface area (Å²) in [5.74, 6) is -0.981. The first-order valence-corrected chi connectivity index (χ1v) is 11.7. The molecule has 34 heavy (non-hydrogen) atoms. The maximum Gasteiger partial charge on any atom is 0.407 e. The molecule has 0 aliphatic heterocycles. The van der Waals surface area contributed by atoms with Crippen LogP contribution in [0.25, 0.3) is 11.1 Å². The molecule has 2 aromatic rings. The Morgan fingerprint density at radius 2 is 1.65 bits per heavy atom. The summed E-state index contributed by atoms with van der Waals surface area (Å²) in [7, 11) is 0. The van der Waals surface area contributed by atoms with Crippen LogP contribution in [0.2, 0.25) is 0 Å². The minimum atomic E-state index is -0.642. The van der Waals surface area contributed by atoms with Crippen LogP contribution in [0.1, 0.15) is 39.7 Å². The molecule has 2 aromatic carbocycles. The van der Waals surface area contributed by atoms with E-state index in [0.29, 0.717) is 12.8 Å². The van der Waals surface area contributed by atoms with Gasteiger partial charge in [-0.2, -0.15) is 0 Å². The van der Waals surface area contributed by atoms with Gasteiger partial charge < -0.3 is 24.6 Å². The second-order valence-electron chi connectivity index (χ2n) is 9.09. The number of aliphatic hydroxyl groups excluding tert-OH is 1. The maximum atomic E-state index is 12.5. The molecule has 0 heterocycles. The molecule has 0 aliphatic carbocycles. The second-order valence-corrected chi connectivity index (χ2v) is 9.09. The lowest BCUT2D eigenvalue weighted by atomic mass is 9.94. The molecule has 2 rings (SSSR count). The summed E-state index contributed by atoms with van der Waals surface area (Å²) in [5, 5.41) is 11.9. The molecular formula is C27H37NO6. The Labute approximate surface area is 202 Å². The van der Waals surface area contributed by atoms with Crippen molar-refractivity contribution in [2.45, 2.75) is 52.2 Å². The lowest BCUT2D eigenvalue weighted by Crippen LogP contribution is -2.42. The van der Waals surface area contributed by atoms with Crippen molar-refractivity contribution >= 4 is 12.1 Å². The molecule has 0 saturated carbocycles. The Hall–Kier alpha value is -2.90. The average molecular weight is 472 g/mol. The highest BCUT2D eigenvalue weighted by molar-refractivity contribution is 5.73. The zero-order valence-electron chi connectivity index (χ0n) is 20.6. The number of alkyl carbamates (subject to hydrolysis) is 1. The van der Waals surface area contributed by atoms with Crippen LogP contribution in [-0.2, 0) is 25.4 Å². The molecular weight excluding hydrogens is 434 g/mol. The Bertz CT molecular complexity index is 876. The summed E-state index contributed by atoms with van der Waals surface area (Å²) in [4.78, 5) is 25.1. The van der Waals surface area contributed by atoms with Gasteiger partial charge in [0.25, 0.3) is 0 Å². The number of carbonyl (C=O) groups excluding carboxylic acids is 2. The number of ether oxygens (including phenoxy) is 3. The average Bonchev–Trinajstić information content (AvgIpc) is 2.78. The van der Waals surface area contributed by atoms with Gasteiger partial charge in [0.1, 0.15) is 5.60 Å². The zero-order valence-corrected chi connectivity index (χ0v) is 20.6. The summed E-state index contributed by atoms with van der Waals surface area (Å²) in [6, 6.07) is 17.8. The van der Waals surface area contributed by atoms with E-state index in [1.165, 1.54) is 0 Å². The number of rotatable bonds is 12. The van der Waals surface area contributed by atoms with Gasteiger partial charge in [0, 0.05) is 6.04 Å². The van der Waals surface area contributed by atoms with Gasteiger partial charge in [-0.3, -0.25) is 4.79 Å². The summed E-state index contributed by atoms with van der Waals surface area (Å²) in [6.07, 6.45) is 0.269. The van der Waals surface area contributed by atoms with Gasteiger partial charge in [-0.25, -0.2) is 4.79 Å². The van der Waals surface area contributed by atoms with Crippen molar-refractivity contribution in [2.75, 3.05) is 26.4 Å². The molecule has 0 radical (unpaired) electrons. The number of benzene rings is 2. The number of esters is 1. The number of aliphatic hydroxyl groups is 1. The molecule has 186 valence electrons. The fourth-order valence-corrected chi connectivity index (χ4v) is 3.54. The van der Waals surface area contributed by atoms with Crippen molar-refractivity contribution < 1.29 is 28.9 Å². The van der Waals surface area contributed by atoms with Crippen molar-refractivity contribution in [3.63, 3.8) is 0 Å². The van der Waals surface area contributed by atoms with E-state index in [2.05, 4.69) is 17.4 Å². The van der Waals surface area contributed by atoms with Gasteiger partial charge in [0.2, 0.25) is 0 Å². The van der Waals surface area contributed by atoms with E-state index in [1.807, 2.05) is 42.5 Å². The van der Waals surface area contributed by atoms with Crippen molar-refractivity contribution in [1.29, 1.82) is 0 Å². The summed E-state index contributed by atoms with van der Waals surface area (Å²) < 4.78 is 16.1. The van der Waals surface area contributed by atoms with Crippen LogP contribution in [0.5, 0.6) is 0 Å². The van der Waals surface area contributed by atoms with E-state index in [1.54, 1.807) is 27.7 Å². The Balaban J connectivity index is 2.18.